The van der Waals surface area contributed by atoms with Crippen molar-refractivity contribution < 1.29 is 9.59 Å². The average Bonchev–Trinajstić information content (AvgIpc) is 3.20. The second kappa shape index (κ2) is 11.8. The first-order valence-electron chi connectivity index (χ1n) is 10.6. The monoisotopic (exact) mass is 553 g/mol. The van der Waals surface area contributed by atoms with Crippen molar-refractivity contribution in [3.63, 3.8) is 0 Å². The molecule has 1 unspecified atom stereocenters. The molecular formula is C22H32IN7O2. The van der Waals surface area contributed by atoms with E-state index in [0.29, 0.717) is 31.2 Å². The topological polar surface area (TPSA) is 94.9 Å². The number of rotatable bonds is 6. The summed E-state index contributed by atoms with van der Waals surface area (Å²) >= 11 is 0. The fourth-order valence-electron chi connectivity index (χ4n) is 3.42. The zero-order valence-corrected chi connectivity index (χ0v) is 21.4. The molecule has 1 fully saturated rings. The molecule has 2 N–H and O–H groups in total. The second-order valence-electron chi connectivity index (χ2n) is 7.72. The number of halogens is 1. The molecule has 1 aromatic heterocycles. The van der Waals surface area contributed by atoms with Crippen molar-refractivity contribution in [1.82, 2.24) is 25.3 Å². The molecule has 1 aliphatic rings. The van der Waals surface area contributed by atoms with E-state index in [4.69, 9.17) is 0 Å². The Kier molecular flexibility index (Phi) is 9.48. The molecule has 2 heterocycles. The molecule has 2 aromatic rings. The van der Waals surface area contributed by atoms with Crippen molar-refractivity contribution >= 4 is 47.4 Å². The number of aromatic nitrogens is 2. The summed E-state index contributed by atoms with van der Waals surface area (Å²) in [7, 11) is 3.54. The highest BCUT2D eigenvalue weighted by Crippen LogP contribution is 2.16. The maximum atomic E-state index is 12.7. The molecule has 0 saturated carbocycles. The highest BCUT2D eigenvalue weighted by atomic mass is 127. The molecule has 1 atom stereocenters. The first-order chi connectivity index (χ1) is 14.9. The van der Waals surface area contributed by atoms with Gasteiger partial charge in [0.1, 0.15) is 6.54 Å². The van der Waals surface area contributed by atoms with E-state index in [1.54, 1.807) is 22.8 Å². The number of carbonyl (C=O) groups is 2. The van der Waals surface area contributed by atoms with Gasteiger partial charge in [-0.1, -0.05) is 19.1 Å². The highest BCUT2D eigenvalue weighted by Gasteiger charge is 2.27. The van der Waals surface area contributed by atoms with Gasteiger partial charge in [0.05, 0.1) is 11.9 Å². The van der Waals surface area contributed by atoms with Crippen LogP contribution in [0.1, 0.15) is 36.2 Å². The van der Waals surface area contributed by atoms with Gasteiger partial charge < -0.3 is 20.4 Å². The standard InChI is InChI=1S/C22H31N7O2.HI/c1-5-16(2)26-21(31)18-8-6-7-17(11-18)12-24-22(23-3)28-9-10-29(20(30)15-28)19-13-25-27(4)14-19;/h6-8,11,13-14,16H,5,9-10,12,15H2,1-4H3,(H,23,24)(H,26,31);1H. The third kappa shape index (κ3) is 6.44. The molecular weight excluding hydrogens is 521 g/mol. The van der Waals surface area contributed by atoms with E-state index in [2.05, 4.69) is 20.7 Å². The lowest BCUT2D eigenvalue weighted by molar-refractivity contribution is -0.120. The predicted molar refractivity (Wildman–Crippen MR) is 136 cm³/mol. The smallest absolute Gasteiger partial charge is 0.251 e. The Morgan fingerprint density at radius 1 is 1.31 bits per heavy atom. The number of aryl methyl sites for hydroxylation is 1. The van der Waals surface area contributed by atoms with Gasteiger partial charge in [0.2, 0.25) is 5.91 Å². The summed E-state index contributed by atoms with van der Waals surface area (Å²) in [5.41, 5.74) is 2.41. The number of amides is 2. The Morgan fingerprint density at radius 2 is 2.09 bits per heavy atom. The highest BCUT2D eigenvalue weighted by molar-refractivity contribution is 14.0. The van der Waals surface area contributed by atoms with Crippen molar-refractivity contribution in [2.24, 2.45) is 12.0 Å². The molecule has 32 heavy (non-hydrogen) atoms. The summed E-state index contributed by atoms with van der Waals surface area (Å²) in [4.78, 5) is 33.1. The van der Waals surface area contributed by atoms with E-state index in [1.165, 1.54) is 0 Å². The quantitative estimate of drug-likeness (QED) is 0.324. The number of piperazine rings is 1. The first-order valence-corrected chi connectivity index (χ1v) is 10.6. The van der Waals surface area contributed by atoms with Crippen LogP contribution < -0.4 is 15.5 Å². The molecule has 1 aliphatic heterocycles. The minimum Gasteiger partial charge on any atom is -0.352 e. The van der Waals surface area contributed by atoms with Crippen molar-refractivity contribution in [1.29, 1.82) is 0 Å². The zero-order valence-electron chi connectivity index (χ0n) is 19.0. The third-order valence-electron chi connectivity index (χ3n) is 5.36. The van der Waals surface area contributed by atoms with E-state index in [-0.39, 0.29) is 48.4 Å². The molecule has 3 rings (SSSR count). The Labute approximate surface area is 206 Å². The molecule has 174 valence electrons. The fraction of sp³-hybridized carbons (Fsp3) is 0.455. The Morgan fingerprint density at radius 3 is 2.72 bits per heavy atom. The summed E-state index contributed by atoms with van der Waals surface area (Å²) in [5, 5.41) is 10.4. The molecule has 0 aliphatic carbocycles. The minimum absolute atomic E-state index is 0. The van der Waals surface area contributed by atoms with Crippen LogP contribution >= 0.6 is 24.0 Å². The van der Waals surface area contributed by atoms with E-state index in [1.807, 2.05) is 56.3 Å². The van der Waals surface area contributed by atoms with Crippen LogP contribution in [0.4, 0.5) is 5.69 Å². The summed E-state index contributed by atoms with van der Waals surface area (Å²) < 4.78 is 1.69. The SMILES string of the molecule is CCC(C)NC(=O)c1cccc(CNC(=NC)N2CCN(c3cnn(C)c3)C(=O)C2)c1.I. The lowest BCUT2D eigenvalue weighted by Crippen LogP contribution is -2.55. The second-order valence-corrected chi connectivity index (χ2v) is 7.72. The van der Waals surface area contributed by atoms with Gasteiger partial charge in [-0.25, -0.2) is 0 Å². The molecule has 0 spiro atoms. The van der Waals surface area contributed by atoms with Crippen molar-refractivity contribution in [3.8, 4) is 0 Å². The number of aliphatic imine (C=N–C) groups is 1. The normalized spacial score (nSPS) is 15.2. The van der Waals surface area contributed by atoms with E-state index in [9.17, 15) is 9.59 Å². The van der Waals surface area contributed by atoms with Gasteiger partial charge in [0.25, 0.3) is 5.91 Å². The summed E-state index contributed by atoms with van der Waals surface area (Å²) in [6, 6.07) is 7.67. The third-order valence-corrected chi connectivity index (χ3v) is 5.36. The molecule has 1 aromatic carbocycles. The molecule has 9 nitrogen and oxygen atoms in total. The van der Waals surface area contributed by atoms with E-state index in [0.717, 1.165) is 17.7 Å². The number of hydrogen-bond donors (Lipinski definition) is 2. The van der Waals surface area contributed by atoms with Crippen molar-refractivity contribution in [2.75, 3.05) is 31.6 Å². The summed E-state index contributed by atoms with van der Waals surface area (Å²) in [5.74, 6) is 0.595. The van der Waals surface area contributed by atoms with Gasteiger partial charge in [-0.3, -0.25) is 19.3 Å². The largest absolute Gasteiger partial charge is 0.352 e. The van der Waals surface area contributed by atoms with Crippen LogP contribution in [-0.4, -0.2) is 65.2 Å². The average molecular weight is 553 g/mol. The van der Waals surface area contributed by atoms with Crippen LogP contribution in [0.5, 0.6) is 0 Å². The van der Waals surface area contributed by atoms with E-state index < -0.39 is 0 Å². The van der Waals surface area contributed by atoms with Crippen LogP contribution in [0.3, 0.4) is 0 Å². The van der Waals surface area contributed by atoms with Gasteiger partial charge in [0.15, 0.2) is 5.96 Å². The summed E-state index contributed by atoms with van der Waals surface area (Å²) in [6.45, 7) is 6.01. The van der Waals surface area contributed by atoms with Crippen LogP contribution in [0.25, 0.3) is 0 Å². The molecule has 2 amide bonds. The van der Waals surface area contributed by atoms with Crippen molar-refractivity contribution in [2.45, 2.75) is 32.9 Å². The lowest BCUT2D eigenvalue weighted by Gasteiger charge is -2.35. The predicted octanol–water partition coefficient (Wildman–Crippen LogP) is 1.99. The van der Waals surface area contributed by atoms with Gasteiger partial charge in [-0.05, 0) is 31.0 Å². The van der Waals surface area contributed by atoms with Gasteiger partial charge in [-0.2, -0.15) is 5.10 Å². The van der Waals surface area contributed by atoms with Crippen molar-refractivity contribution in [3.05, 3.63) is 47.8 Å². The zero-order chi connectivity index (χ0) is 22.4. The van der Waals surface area contributed by atoms with Crippen LogP contribution in [-0.2, 0) is 18.4 Å². The minimum atomic E-state index is -0.0716. The Bertz CT molecular complexity index is 959. The fourth-order valence-corrected chi connectivity index (χ4v) is 3.42. The number of benzene rings is 1. The van der Waals surface area contributed by atoms with Crippen LogP contribution in [0, 0.1) is 0 Å². The number of hydrogen-bond acceptors (Lipinski definition) is 4. The number of anilines is 1. The number of nitrogens with one attached hydrogen (secondary N) is 2. The number of nitrogens with zero attached hydrogens (tertiary/aromatic N) is 5. The molecule has 0 radical (unpaired) electrons. The maximum absolute atomic E-state index is 12.7. The Balaban J connectivity index is 0.00000363. The van der Waals surface area contributed by atoms with E-state index >= 15 is 0 Å². The van der Waals surface area contributed by atoms with Gasteiger partial charge >= 0.3 is 0 Å². The van der Waals surface area contributed by atoms with Crippen LogP contribution in [0.15, 0.2) is 41.7 Å². The lowest BCUT2D eigenvalue weighted by atomic mass is 10.1. The number of carbonyl (C=O) groups excluding carboxylic acids is 2. The molecule has 1 saturated heterocycles. The molecule has 10 heteroatoms. The van der Waals surface area contributed by atoms with Gasteiger partial charge in [0, 0.05) is 51.5 Å². The Hall–Kier alpha value is -2.63. The van der Waals surface area contributed by atoms with Crippen LogP contribution in [0.2, 0.25) is 0 Å². The first kappa shape index (κ1) is 25.6. The van der Waals surface area contributed by atoms with Gasteiger partial charge in [-0.15, -0.1) is 24.0 Å². The number of guanidine groups is 1. The maximum Gasteiger partial charge on any atom is 0.251 e. The summed E-state index contributed by atoms with van der Waals surface area (Å²) in [6.07, 6.45) is 4.42. The molecule has 0 bridgehead atoms.